The largest absolute Gasteiger partial charge is 0.329 e. The summed E-state index contributed by atoms with van der Waals surface area (Å²) >= 11 is 1.49. The zero-order valence-electron chi connectivity index (χ0n) is 11.7. The molecule has 0 radical (unpaired) electrons. The Bertz CT molecular complexity index is 678. The molecule has 2 aromatic rings. The van der Waals surface area contributed by atoms with E-state index in [0.717, 1.165) is 16.0 Å². The number of nitrogens with one attached hydrogen (secondary N) is 2. The number of aryl methyl sites for hydroxylation is 2. The first-order valence-corrected chi connectivity index (χ1v) is 7.19. The van der Waals surface area contributed by atoms with Gasteiger partial charge in [-0.05, 0) is 42.5 Å². The molecule has 1 aromatic carbocycles. The van der Waals surface area contributed by atoms with E-state index in [1.807, 2.05) is 49.6 Å². The molecule has 0 aliphatic carbocycles. The summed E-state index contributed by atoms with van der Waals surface area (Å²) in [6, 6.07) is 9.38. The number of hydrogen-bond donors (Lipinski definition) is 2. The number of amides is 2. The average molecular weight is 301 g/mol. The average Bonchev–Trinajstić information content (AvgIpc) is 2.96. The van der Waals surface area contributed by atoms with Gasteiger partial charge in [0.05, 0.1) is 6.21 Å². The number of thiophene rings is 1. The van der Waals surface area contributed by atoms with Crippen LogP contribution in [-0.2, 0) is 9.59 Å². The molecule has 0 atom stereocenters. The fraction of sp³-hybridized carbons (Fsp3) is 0.133. The van der Waals surface area contributed by atoms with Crippen LogP contribution in [0.1, 0.15) is 16.0 Å². The first kappa shape index (κ1) is 14.9. The maximum absolute atomic E-state index is 11.8. The third kappa shape index (κ3) is 4.25. The molecule has 2 rings (SSSR count). The number of hydrazone groups is 1. The number of hydrogen-bond acceptors (Lipinski definition) is 4. The highest BCUT2D eigenvalue weighted by atomic mass is 32.1. The lowest BCUT2D eigenvalue weighted by atomic mass is 10.1. The molecule has 6 heteroatoms. The van der Waals surface area contributed by atoms with Crippen LogP contribution in [0, 0.1) is 13.8 Å². The second kappa shape index (κ2) is 6.81. The smallest absolute Gasteiger partial charge is 0.317 e. The van der Waals surface area contributed by atoms with Gasteiger partial charge >= 0.3 is 11.8 Å². The SMILES string of the molecule is Cc1ccc(C)c(NC(=O)C(=O)N/N=C/c2cccs2)c1. The Morgan fingerprint density at radius 1 is 1.19 bits per heavy atom. The number of carbonyl (C=O) groups is 2. The molecule has 1 aromatic heterocycles. The molecule has 0 bridgehead atoms. The van der Waals surface area contributed by atoms with Gasteiger partial charge in [0.15, 0.2) is 0 Å². The van der Waals surface area contributed by atoms with Crippen molar-refractivity contribution in [2.24, 2.45) is 5.10 Å². The van der Waals surface area contributed by atoms with Crippen LogP contribution in [0.25, 0.3) is 0 Å². The van der Waals surface area contributed by atoms with E-state index in [2.05, 4.69) is 15.8 Å². The Morgan fingerprint density at radius 3 is 2.71 bits per heavy atom. The van der Waals surface area contributed by atoms with Gasteiger partial charge in [-0.15, -0.1) is 11.3 Å². The molecule has 2 N–H and O–H groups in total. The number of anilines is 1. The Kier molecular flexibility index (Phi) is 4.84. The molecule has 0 spiro atoms. The molecule has 5 nitrogen and oxygen atoms in total. The Hall–Kier alpha value is -2.47. The number of rotatable bonds is 3. The number of benzene rings is 1. The fourth-order valence-corrected chi connectivity index (χ4v) is 2.20. The minimum Gasteiger partial charge on any atom is -0.317 e. The van der Waals surface area contributed by atoms with Crippen LogP contribution in [0.15, 0.2) is 40.8 Å². The normalized spacial score (nSPS) is 10.6. The van der Waals surface area contributed by atoms with Gasteiger partial charge in [-0.3, -0.25) is 9.59 Å². The topological polar surface area (TPSA) is 70.6 Å². The molecule has 0 aliphatic rings. The molecular formula is C15H15N3O2S. The van der Waals surface area contributed by atoms with Crippen LogP contribution < -0.4 is 10.7 Å². The molecule has 0 unspecified atom stereocenters. The summed E-state index contributed by atoms with van der Waals surface area (Å²) in [4.78, 5) is 24.3. The Balaban J connectivity index is 1.93. The maximum atomic E-state index is 11.8. The van der Waals surface area contributed by atoms with Crippen molar-refractivity contribution in [2.45, 2.75) is 13.8 Å². The zero-order valence-corrected chi connectivity index (χ0v) is 12.5. The van der Waals surface area contributed by atoms with Gasteiger partial charge in [-0.1, -0.05) is 18.2 Å². The van der Waals surface area contributed by atoms with E-state index in [9.17, 15) is 9.59 Å². The molecule has 2 amide bonds. The monoisotopic (exact) mass is 301 g/mol. The summed E-state index contributed by atoms with van der Waals surface area (Å²) in [6.07, 6.45) is 1.49. The molecule has 21 heavy (non-hydrogen) atoms. The second-order valence-electron chi connectivity index (χ2n) is 4.49. The van der Waals surface area contributed by atoms with Crippen LogP contribution in [-0.4, -0.2) is 18.0 Å². The van der Waals surface area contributed by atoms with E-state index in [0.29, 0.717) is 5.69 Å². The van der Waals surface area contributed by atoms with Gasteiger partial charge in [0.25, 0.3) is 0 Å². The van der Waals surface area contributed by atoms with Crippen LogP contribution in [0.3, 0.4) is 0 Å². The van der Waals surface area contributed by atoms with Crippen molar-refractivity contribution in [3.63, 3.8) is 0 Å². The van der Waals surface area contributed by atoms with Crippen molar-refractivity contribution in [3.05, 3.63) is 51.7 Å². The number of carbonyl (C=O) groups excluding carboxylic acids is 2. The van der Waals surface area contributed by atoms with Crippen LogP contribution in [0.5, 0.6) is 0 Å². The Labute approximate surface area is 126 Å². The maximum Gasteiger partial charge on any atom is 0.329 e. The molecule has 0 aliphatic heterocycles. The first-order chi connectivity index (χ1) is 10.1. The van der Waals surface area contributed by atoms with Gasteiger partial charge in [0, 0.05) is 10.6 Å². The molecule has 0 saturated carbocycles. The van der Waals surface area contributed by atoms with E-state index in [1.54, 1.807) is 0 Å². The highest BCUT2D eigenvalue weighted by molar-refractivity contribution is 7.11. The van der Waals surface area contributed by atoms with Gasteiger partial charge in [0.2, 0.25) is 0 Å². The molecule has 1 heterocycles. The predicted molar refractivity (Wildman–Crippen MR) is 84.6 cm³/mol. The Morgan fingerprint density at radius 2 is 2.00 bits per heavy atom. The summed E-state index contributed by atoms with van der Waals surface area (Å²) in [5, 5.41) is 8.21. The fourth-order valence-electron chi connectivity index (χ4n) is 1.62. The van der Waals surface area contributed by atoms with E-state index >= 15 is 0 Å². The number of nitrogens with zero attached hydrogens (tertiary/aromatic N) is 1. The lowest BCUT2D eigenvalue weighted by molar-refractivity contribution is -0.136. The van der Waals surface area contributed by atoms with E-state index < -0.39 is 11.8 Å². The van der Waals surface area contributed by atoms with E-state index in [-0.39, 0.29) is 0 Å². The standard InChI is InChI=1S/C15H15N3O2S/c1-10-5-6-11(2)13(8-10)17-14(19)15(20)18-16-9-12-4-3-7-21-12/h3-9H,1-2H3,(H,17,19)(H,18,20)/b16-9+. The lowest BCUT2D eigenvalue weighted by Gasteiger charge is -2.08. The summed E-state index contributed by atoms with van der Waals surface area (Å²) in [7, 11) is 0. The quantitative estimate of drug-likeness (QED) is 0.519. The van der Waals surface area contributed by atoms with Crippen molar-refractivity contribution < 1.29 is 9.59 Å². The zero-order chi connectivity index (χ0) is 15.2. The van der Waals surface area contributed by atoms with Crippen LogP contribution in [0.2, 0.25) is 0 Å². The van der Waals surface area contributed by atoms with Crippen LogP contribution in [0.4, 0.5) is 5.69 Å². The van der Waals surface area contributed by atoms with Gasteiger partial charge in [-0.25, -0.2) is 5.43 Å². The van der Waals surface area contributed by atoms with Crippen molar-refractivity contribution in [2.75, 3.05) is 5.32 Å². The van der Waals surface area contributed by atoms with Crippen molar-refractivity contribution >= 4 is 35.1 Å². The predicted octanol–water partition coefficient (Wildman–Crippen LogP) is 2.45. The summed E-state index contributed by atoms with van der Waals surface area (Å²) in [6.45, 7) is 3.78. The summed E-state index contributed by atoms with van der Waals surface area (Å²) in [5.41, 5.74) is 4.72. The molecule has 0 saturated heterocycles. The van der Waals surface area contributed by atoms with Crippen LogP contribution >= 0.6 is 11.3 Å². The minimum atomic E-state index is -0.802. The second-order valence-corrected chi connectivity index (χ2v) is 5.47. The van der Waals surface area contributed by atoms with Gasteiger partial charge in [-0.2, -0.15) is 5.10 Å². The van der Waals surface area contributed by atoms with Crippen molar-refractivity contribution in [1.29, 1.82) is 0 Å². The highest BCUT2D eigenvalue weighted by Gasteiger charge is 2.13. The lowest BCUT2D eigenvalue weighted by Crippen LogP contribution is -2.32. The highest BCUT2D eigenvalue weighted by Crippen LogP contribution is 2.16. The third-order valence-corrected chi connectivity index (χ3v) is 3.56. The van der Waals surface area contributed by atoms with E-state index in [1.165, 1.54) is 17.6 Å². The third-order valence-electron chi connectivity index (χ3n) is 2.75. The summed E-state index contributed by atoms with van der Waals surface area (Å²) in [5.74, 6) is -1.55. The minimum absolute atomic E-state index is 0.623. The van der Waals surface area contributed by atoms with Crippen molar-refractivity contribution in [1.82, 2.24) is 5.43 Å². The van der Waals surface area contributed by atoms with Crippen molar-refractivity contribution in [3.8, 4) is 0 Å². The summed E-state index contributed by atoms with van der Waals surface area (Å²) < 4.78 is 0. The molecular weight excluding hydrogens is 286 g/mol. The van der Waals surface area contributed by atoms with Gasteiger partial charge in [0.1, 0.15) is 0 Å². The van der Waals surface area contributed by atoms with Gasteiger partial charge < -0.3 is 5.32 Å². The molecule has 0 fully saturated rings. The molecule has 108 valence electrons. The first-order valence-electron chi connectivity index (χ1n) is 6.31. The van der Waals surface area contributed by atoms with E-state index in [4.69, 9.17) is 0 Å².